The molecule has 2 aromatic rings. The average molecular weight is 473 g/mol. The molecule has 3 aliphatic rings. The zero-order valence-electron chi connectivity index (χ0n) is 19.0. The minimum atomic E-state index is -3.94. The summed E-state index contributed by atoms with van der Waals surface area (Å²) in [6.07, 6.45) is 4.59. The number of fused-ring (bicyclic) bond motifs is 1. The van der Waals surface area contributed by atoms with E-state index in [9.17, 15) is 8.42 Å². The fourth-order valence-electron chi connectivity index (χ4n) is 5.21. The van der Waals surface area contributed by atoms with Crippen LogP contribution in [-0.2, 0) is 35.1 Å². The highest BCUT2D eigenvalue weighted by Crippen LogP contribution is 2.46. The zero-order valence-corrected chi connectivity index (χ0v) is 19.8. The van der Waals surface area contributed by atoms with E-state index in [-0.39, 0.29) is 17.1 Å². The van der Waals surface area contributed by atoms with Crippen LogP contribution in [0, 0.1) is 6.92 Å². The van der Waals surface area contributed by atoms with Gasteiger partial charge in [0.05, 0.1) is 23.7 Å². The molecule has 0 amide bonds. The van der Waals surface area contributed by atoms with Crippen LogP contribution in [0.5, 0.6) is 0 Å². The molecule has 2 aliphatic carbocycles. The molecule has 1 spiro atoms. The first-order valence-electron chi connectivity index (χ1n) is 11.9. The molecule has 0 aromatic heterocycles. The van der Waals surface area contributed by atoms with Gasteiger partial charge >= 0.3 is 0 Å². The van der Waals surface area contributed by atoms with Crippen molar-refractivity contribution in [1.29, 1.82) is 0 Å². The third-order valence-electron chi connectivity index (χ3n) is 6.94. The molecule has 6 nitrogen and oxygen atoms in total. The largest absolute Gasteiger partial charge is 0.373 e. The number of rotatable bonds is 6. The summed E-state index contributed by atoms with van der Waals surface area (Å²) in [7, 11) is -3.94. The summed E-state index contributed by atoms with van der Waals surface area (Å²) in [6, 6.07) is 16.7. The molecule has 3 fully saturated rings. The smallest absolute Gasteiger partial charge is 0.297 e. The second-order valence-electron chi connectivity index (χ2n) is 9.50. The van der Waals surface area contributed by atoms with E-state index in [4.69, 9.17) is 18.4 Å². The van der Waals surface area contributed by atoms with Crippen LogP contribution in [-0.4, -0.2) is 38.6 Å². The van der Waals surface area contributed by atoms with E-state index in [1.54, 1.807) is 24.3 Å². The van der Waals surface area contributed by atoms with Gasteiger partial charge in [0.25, 0.3) is 10.1 Å². The van der Waals surface area contributed by atoms with E-state index < -0.39 is 28.1 Å². The van der Waals surface area contributed by atoms with Gasteiger partial charge in [-0.1, -0.05) is 54.4 Å². The van der Waals surface area contributed by atoms with Crippen LogP contribution in [0.2, 0.25) is 0 Å². The molecule has 4 atom stereocenters. The van der Waals surface area contributed by atoms with Gasteiger partial charge in [0.1, 0.15) is 12.2 Å². The first-order chi connectivity index (χ1) is 15.9. The molecule has 33 heavy (non-hydrogen) atoms. The van der Waals surface area contributed by atoms with E-state index in [2.05, 4.69) is 0 Å². The molecular formula is C26H32O6S. The highest BCUT2D eigenvalue weighted by Gasteiger charge is 2.54. The minimum Gasteiger partial charge on any atom is -0.373 e. The molecule has 7 heteroatoms. The third kappa shape index (κ3) is 5.17. The maximum absolute atomic E-state index is 13.1. The molecule has 0 unspecified atom stereocenters. The Morgan fingerprint density at radius 1 is 0.939 bits per heavy atom. The van der Waals surface area contributed by atoms with Crippen molar-refractivity contribution in [2.75, 3.05) is 0 Å². The van der Waals surface area contributed by atoms with Crippen molar-refractivity contribution in [3.8, 4) is 0 Å². The van der Waals surface area contributed by atoms with E-state index in [1.165, 1.54) is 6.42 Å². The van der Waals surface area contributed by atoms with Gasteiger partial charge in [0.2, 0.25) is 0 Å². The molecule has 0 bridgehead atoms. The van der Waals surface area contributed by atoms with Gasteiger partial charge in [-0.3, -0.25) is 4.18 Å². The van der Waals surface area contributed by atoms with Crippen LogP contribution in [0.25, 0.3) is 0 Å². The minimum absolute atomic E-state index is 0.156. The van der Waals surface area contributed by atoms with Gasteiger partial charge in [-0.15, -0.1) is 0 Å². The number of benzene rings is 2. The summed E-state index contributed by atoms with van der Waals surface area (Å²) in [4.78, 5) is 0.156. The Morgan fingerprint density at radius 2 is 1.67 bits per heavy atom. The van der Waals surface area contributed by atoms with Gasteiger partial charge in [-0.25, -0.2) is 0 Å². The third-order valence-corrected chi connectivity index (χ3v) is 8.29. The number of hydrogen-bond donors (Lipinski definition) is 0. The molecule has 1 saturated heterocycles. The Labute approximate surface area is 196 Å². The fraction of sp³-hybridized carbons (Fsp3) is 0.538. The lowest BCUT2D eigenvalue weighted by atomic mass is 9.90. The summed E-state index contributed by atoms with van der Waals surface area (Å²) < 4.78 is 51.1. The molecule has 0 radical (unpaired) electrons. The lowest BCUT2D eigenvalue weighted by Crippen LogP contribution is -2.47. The quantitative estimate of drug-likeness (QED) is 0.558. The predicted octanol–water partition coefficient (Wildman–Crippen LogP) is 4.89. The zero-order chi connectivity index (χ0) is 22.9. The van der Waals surface area contributed by atoms with Crippen molar-refractivity contribution in [2.45, 2.75) is 93.6 Å². The van der Waals surface area contributed by atoms with Crippen LogP contribution < -0.4 is 0 Å². The Balaban J connectivity index is 1.35. The van der Waals surface area contributed by atoms with Crippen molar-refractivity contribution in [1.82, 2.24) is 0 Å². The average Bonchev–Trinajstić information content (AvgIpc) is 3.16. The van der Waals surface area contributed by atoms with E-state index in [0.717, 1.165) is 36.8 Å². The highest BCUT2D eigenvalue weighted by molar-refractivity contribution is 7.86. The summed E-state index contributed by atoms with van der Waals surface area (Å²) >= 11 is 0. The van der Waals surface area contributed by atoms with E-state index in [1.807, 2.05) is 37.3 Å². The van der Waals surface area contributed by atoms with Gasteiger partial charge in [-0.05, 0) is 37.5 Å². The summed E-state index contributed by atoms with van der Waals surface area (Å²) in [5, 5.41) is 0. The predicted molar refractivity (Wildman–Crippen MR) is 123 cm³/mol. The standard InChI is InChI=1S/C26H32O6S/c1-19-10-12-22(13-11-19)33(27,28)32-24-17-21(29-18-20-8-4-2-5-9-20)16-23-25(24)31-26(30-23)14-6-3-7-15-26/h2,4-5,8-13,21,23-25H,3,6-7,14-18H2,1H3/t21-,23-,24-,25-/m1/s1. The first kappa shape index (κ1) is 23.0. The second kappa shape index (κ2) is 9.47. The number of ether oxygens (including phenoxy) is 3. The maximum Gasteiger partial charge on any atom is 0.297 e. The van der Waals surface area contributed by atoms with Gasteiger partial charge in [-0.2, -0.15) is 8.42 Å². The van der Waals surface area contributed by atoms with Gasteiger partial charge in [0, 0.05) is 25.7 Å². The first-order valence-corrected chi connectivity index (χ1v) is 13.3. The molecule has 0 N–H and O–H groups in total. The summed E-state index contributed by atoms with van der Waals surface area (Å²) in [5.41, 5.74) is 2.07. The lowest BCUT2D eigenvalue weighted by Gasteiger charge is -2.35. The molecule has 2 saturated carbocycles. The van der Waals surface area contributed by atoms with Gasteiger partial charge < -0.3 is 14.2 Å². The van der Waals surface area contributed by atoms with Gasteiger partial charge in [0.15, 0.2) is 5.79 Å². The Hall–Kier alpha value is -1.77. The topological polar surface area (TPSA) is 71.1 Å². The van der Waals surface area contributed by atoms with E-state index in [0.29, 0.717) is 19.4 Å². The molecular weight excluding hydrogens is 440 g/mol. The van der Waals surface area contributed by atoms with Crippen molar-refractivity contribution < 1.29 is 26.8 Å². The second-order valence-corrected chi connectivity index (χ2v) is 11.1. The molecule has 178 valence electrons. The Morgan fingerprint density at radius 3 is 2.39 bits per heavy atom. The van der Waals surface area contributed by atoms with Crippen LogP contribution in [0.15, 0.2) is 59.5 Å². The van der Waals surface area contributed by atoms with Crippen molar-refractivity contribution in [2.24, 2.45) is 0 Å². The summed E-state index contributed by atoms with van der Waals surface area (Å²) in [6.45, 7) is 2.39. The van der Waals surface area contributed by atoms with Crippen molar-refractivity contribution in [3.05, 3.63) is 65.7 Å². The van der Waals surface area contributed by atoms with E-state index >= 15 is 0 Å². The Bertz CT molecular complexity index is 1030. The van der Waals surface area contributed by atoms with Crippen LogP contribution in [0.1, 0.15) is 56.1 Å². The maximum atomic E-state index is 13.1. The number of aryl methyl sites for hydroxylation is 1. The monoisotopic (exact) mass is 472 g/mol. The molecule has 1 aliphatic heterocycles. The normalized spacial score (nSPS) is 29.1. The van der Waals surface area contributed by atoms with Crippen molar-refractivity contribution >= 4 is 10.1 Å². The van der Waals surface area contributed by atoms with Crippen LogP contribution >= 0.6 is 0 Å². The highest BCUT2D eigenvalue weighted by atomic mass is 32.2. The SMILES string of the molecule is Cc1ccc(S(=O)(=O)O[C@@H]2C[C@H](OCc3ccccc3)C[C@H]3OC4(CCCCC4)O[C@H]32)cc1. The van der Waals surface area contributed by atoms with Crippen LogP contribution in [0.3, 0.4) is 0 Å². The molecule has 2 aromatic carbocycles. The fourth-order valence-corrected chi connectivity index (χ4v) is 6.30. The molecule has 5 rings (SSSR count). The number of hydrogen-bond acceptors (Lipinski definition) is 6. The Kier molecular flexibility index (Phi) is 6.60. The molecule has 1 heterocycles. The van der Waals surface area contributed by atoms with Crippen LogP contribution in [0.4, 0.5) is 0 Å². The van der Waals surface area contributed by atoms with Crippen molar-refractivity contribution in [3.63, 3.8) is 0 Å². The lowest BCUT2D eigenvalue weighted by molar-refractivity contribution is -0.197. The summed E-state index contributed by atoms with van der Waals surface area (Å²) in [5.74, 6) is -0.614.